The molecule has 0 radical (unpaired) electrons. The van der Waals surface area contributed by atoms with Crippen molar-refractivity contribution in [1.29, 1.82) is 0 Å². The number of pyridine rings is 2. The van der Waals surface area contributed by atoms with Crippen LogP contribution in [-0.4, -0.2) is 34.5 Å². The van der Waals surface area contributed by atoms with Gasteiger partial charge in [-0.25, -0.2) is 15.0 Å². The molecular weight excluding hydrogens is 412 g/mol. The number of anilines is 1. The van der Waals surface area contributed by atoms with Crippen molar-refractivity contribution >= 4 is 28.6 Å². The standard InChI is InChI=1S/C22H19ClN8/c1-2-30-26-13-19(29-30)17-9-10-18-22(27-17)31(15-7-5-14(12-23)6-8-15)21(28-18)16-4-3-11-25-20(16)24/h3-11,13H,2,12H2,1H3,(H2,24,25). The SMILES string of the molecule is CCn1ncc(-c2ccc3nc(-c4cccnc4N)n(-c4ccc(CCl)cc4)c3n2)n1. The van der Waals surface area contributed by atoms with Crippen LogP contribution in [-0.2, 0) is 12.4 Å². The lowest BCUT2D eigenvalue weighted by Crippen LogP contribution is -2.02. The molecule has 5 aromatic rings. The highest BCUT2D eigenvalue weighted by Crippen LogP contribution is 2.31. The minimum Gasteiger partial charge on any atom is -0.383 e. The van der Waals surface area contributed by atoms with Crippen LogP contribution in [0.1, 0.15) is 12.5 Å². The van der Waals surface area contributed by atoms with E-state index in [0.29, 0.717) is 35.4 Å². The highest BCUT2D eigenvalue weighted by molar-refractivity contribution is 6.17. The van der Waals surface area contributed by atoms with Crippen LogP contribution in [0.2, 0.25) is 0 Å². The lowest BCUT2D eigenvalue weighted by atomic mass is 10.2. The molecule has 0 atom stereocenters. The minimum atomic E-state index is 0.405. The van der Waals surface area contributed by atoms with Gasteiger partial charge in [0.05, 0.1) is 24.0 Å². The number of aromatic nitrogens is 7. The minimum absolute atomic E-state index is 0.405. The van der Waals surface area contributed by atoms with Gasteiger partial charge in [0.1, 0.15) is 17.0 Å². The molecule has 4 aromatic heterocycles. The van der Waals surface area contributed by atoms with Gasteiger partial charge in [-0.05, 0) is 48.9 Å². The summed E-state index contributed by atoms with van der Waals surface area (Å²) >= 11 is 5.98. The van der Waals surface area contributed by atoms with Gasteiger partial charge in [0.15, 0.2) is 11.5 Å². The third-order valence-corrected chi connectivity index (χ3v) is 5.32. The zero-order valence-corrected chi connectivity index (χ0v) is 17.5. The maximum atomic E-state index is 6.18. The quantitative estimate of drug-likeness (QED) is 0.421. The van der Waals surface area contributed by atoms with Crippen LogP contribution in [0.5, 0.6) is 0 Å². The first-order valence-corrected chi connectivity index (χ1v) is 10.4. The Kier molecular flexibility index (Phi) is 4.83. The second-order valence-corrected chi connectivity index (χ2v) is 7.23. The summed E-state index contributed by atoms with van der Waals surface area (Å²) in [4.78, 5) is 15.6. The number of imidazole rings is 1. The Morgan fingerprint density at radius 3 is 2.55 bits per heavy atom. The zero-order valence-electron chi connectivity index (χ0n) is 16.8. The van der Waals surface area contributed by atoms with E-state index in [0.717, 1.165) is 28.0 Å². The topological polar surface area (TPSA) is 100 Å². The number of rotatable bonds is 5. The van der Waals surface area contributed by atoms with Crippen molar-refractivity contribution < 1.29 is 0 Å². The van der Waals surface area contributed by atoms with Crippen LogP contribution in [0.25, 0.3) is 39.6 Å². The molecule has 9 heteroatoms. The van der Waals surface area contributed by atoms with Crippen LogP contribution in [0.3, 0.4) is 0 Å². The Balaban J connectivity index is 1.76. The molecule has 0 fully saturated rings. The predicted molar refractivity (Wildman–Crippen MR) is 121 cm³/mol. The molecule has 0 unspecified atom stereocenters. The smallest absolute Gasteiger partial charge is 0.165 e. The monoisotopic (exact) mass is 430 g/mol. The largest absolute Gasteiger partial charge is 0.383 e. The van der Waals surface area contributed by atoms with Gasteiger partial charge in [-0.3, -0.25) is 4.57 Å². The van der Waals surface area contributed by atoms with Crippen molar-refractivity contribution in [2.75, 3.05) is 5.73 Å². The number of nitrogens with zero attached hydrogens (tertiary/aromatic N) is 7. The number of nitrogen functional groups attached to an aromatic ring is 1. The normalized spacial score (nSPS) is 11.3. The van der Waals surface area contributed by atoms with E-state index < -0.39 is 0 Å². The summed E-state index contributed by atoms with van der Waals surface area (Å²) in [6, 6.07) is 15.5. The number of nitrogens with two attached hydrogens (primary N) is 1. The van der Waals surface area contributed by atoms with E-state index in [4.69, 9.17) is 27.3 Å². The molecule has 0 bridgehead atoms. The van der Waals surface area contributed by atoms with Gasteiger partial charge in [0, 0.05) is 17.8 Å². The predicted octanol–water partition coefficient (Wildman–Crippen LogP) is 4.08. The number of aryl methyl sites for hydroxylation is 1. The Hall–Kier alpha value is -3.78. The lowest BCUT2D eigenvalue weighted by Gasteiger charge is -2.11. The molecule has 5 rings (SSSR count). The number of hydrogen-bond acceptors (Lipinski definition) is 6. The fraction of sp³-hybridized carbons (Fsp3) is 0.136. The number of benzene rings is 1. The lowest BCUT2D eigenvalue weighted by molar-refractivity contribution is 0.570. The molecule has 0 saturated heterocycles. The van der Waals surface area contributed by atoms with Crippen LogP contribution in [0.15, 0.2) is 60.9 Å². The summed E-state index contributed by atoms with van der Waals surface area (Å²) < 4.78 is 1.98. The van der Waals surface area contributed by atoms with Crippen molar-refractivity contribution in [2.45, 2.75) is 19.3 Å². The van der Waals surface area contributed by atoms with Crippen LogP contribution < -0.4 is 5.73 Å². The number of alkyl halides is 1. The molecule has 0 aliphatic heterocycles. The maximum Gasteiger partial charge on any atom is 0.165 e. The first-order valence-electron chi connectivity index (χ1n) is 9.84. The third kappa shape index (κ3) is 3.40. The first-order chi connectivity index (χ1) is 15.2. The summed E-state index contributed by atoms with van der Waals surface area (Å²) in [6.07, 6.45) is 3.38. The van der Waals surface area contributed by atoms with E-state index in [-0.39, 0.29) is 0 Å². The Morgan fingerprint density at radius 2 is 1.84 bits per heavy atom. The zero-order chi connectivity index (χ0) is 21.4. The van der Waals surface area contributed by atoms with Crippen molar-refractivity contribution in [1.82, 2.24) is 34.5 Å². The third-order valence-electron chi connectivity index (χ3n) is 5.01. The van der Waals surface area contributed by atoms with E-state index in [1.807, 2.05) is 60.0 Å². The summed E-state index contributed by atoms with van der Waals surface area (Å²) in [5.74, 6) is 1.52. The van der Waals surface area contributed by atoms with Crippen LogP contribution >= 0.6 is 11.6 Å². The van der Waals surface area contributed by atoms with Crippen LogP contribution in [0, 0.1) is 0 Å². The van der Waals surface area contributed by atoms with Gasteiger partial charge in [-0.1, -0.05) is 12.1 Å². The summed E-state index contributed by atoms with van der Waals surface area (Å²) in [5.41, 5.74) is 11.7. The Morgan fingerprint density at radius 1 is 1.00 bits per heavy atom. The van der Waals surface area contributed by atoms with E-state index in [1.54, 1.807) is 17.2 Å². The molecule has 0 saturated carbocycles. The summed E-state index contributed by atoms with van der Waals surface area (Å²) in [6.45, 7) is 2.68. The number of halogens is 1. The molecule has 31 heavy (non-hydrogen) atoms. The fourth-order valence-electron chi connectivity index (χ4n) is 3.43. The molecule has 0 aliphatic rings. The van der Waals surface area contributed by atoms with Gasteiger partial charge in [-0.15, -0.1) is 11.6 Å². The van der Waals surface area contributed by atoms with Crippen LogP contribution in [0.4, 0.5) is 5.82 Å². The molecular formula is C22H19ClN8. The number of hydrogen-bond donors (Lipinski definition) is 1. The van der Waals surface area contributed by atoms with E-state index in [9.17, 15) is 0 Å². The van der Waals surface area contributed by atoms with Gasteiger partial charge >= 0.3 is 0 Å². The van der Waals surface area contributed by atoms with E-state index in [2.05, 4.69) is 15.2 Å². The second-order valence-electron chi connectivity index (χ2n) is 6.96. The first kappa shape index (κ1) is 19.2. The van der Waals surface area contributed by atoms with Crippen molar-refractivity contribution in [3.05, 3.63) is 66.5 Å². The van der Waals surface area contributed by atoms with Crippen molar-refractivity contribution in [3.8, 4) is 28.5 Å². The highest BCUT2D eigenvalue weighted by Gasteiger charge is 2.19. The second kappa shape index (κ2) is 7.81. The molecule has 0 aliphatic carbocycles. The Bertz CT molecular complexity index is 1370. The summed E-state index contributed by atoms with van der Waals surface area (Å²) in [5, 5.41) is 8.74. The average Bonchev–Trinajstić information content (AvgIpc) is 3.44. The molecule has 4 heterocycles. The van der Waals surface area contributed by atoms with Gasteiger partial charge < -0.3 is 5.73 Å². The van der Waals surface area contributed by atoms with E-state index in [1.165, 1.54) is 0 Å². The Labute approximate surface area is 183 Å². The maximum absolute atomic E-state index is 6.18. The van der Waals surface area contributed by atoms with E-state index >= 15 is 0 Å². The molecule has 0 spiro atoms. The molecule has 154 valence electrons. The van der Waals surface area contributed by atoms with Gasteiger partial charge in [0.25, 0.3) is 0 Å². The highest BCUT2D eigenvalue weighted by atomic mass is 35.5. The van der Waals surface area contributed by atoms with Crippen molar-refractivity contribution in [2.24, 2.45) is 0 Å². The van der Waals surface area contributed by atoms with Gasteiger partial charge in [-0.2, -0.15) is 15.0 Å². The molecule has 0 amide bonds. The molecule has 8 nitrogen and oxygen atoms in total. The molecule has 2 N–H and O–H groups in total. The van der Waals surface area contributed by atoms with Gasteiger partial charge in [0.2, 0.25) is 0 Å². The number of fused-ring (bicyclic) bond motifs is 1. The van der Waals surface area contributed by atoms with Crippen molar-refractivity contribution in [3.63, 3.8) is 0 Å². The summed E-state index contributed by atoms with van der Waals surface area (Å²) in [7, 11) is 0. The fourth-order valence-corrected chi connectivity index (χ4v) is 3.61. The molecule has 1 aromatic carbocycles. The average molecular weight is 431 g/mol.